The fourth-order valence-corrected chi connectivity index (χ4v) is 8.26. The summed E-state index contributed by atoms with van der Waals surface area (Å²) in [4.78, 5) is 43.0. The molecule has 7 nitrogen and oxygen atoms in total. The van der Waals surface area contributed by atoms with Gasteiger partial charge in [-0.25, -0.2) is 0 Å². The summed E-state index contributed by atoms with van der Waals surface area (Å²) in [6.07, 6.45) is 4.32. The van der Waals surface area contributed by atoms with E-state index in [1.807, 2.05) is 11.0 Å². The lowest BCUT2D eigenvalue weighted by molar-refractivity contribution is -0.146. The Morgan fingerprint density at radius 1 is 1.03 bits per heavy atom. The zero-order valence-electron chi connectivity index (χ0n) is 23.2. The lowest BCUT2D eigenvalue weighted by Crippen LogP contribution is -2.60. The van der Waals surface area contributed by atoms with E-state index in [1.54, 1.807) is 25.7 Å². The Bertz CT molecular complexity index is 1000. The van der Waals surface area contributed by atoms with Crippen LogP contribution in [0.25, 0.3) is 0 Å². The van der Waals surface area contributed by atoms with E-state index in [-0.39, 0.29) is 46.4 Å². The van der Waals surface area contributed by atoms with E-state index in [4.69, 9.17) is 0 Å². The van der Waals surface area contributed by atoms with Gasteiger partial charge in [-0.2, -0.15) is 0 Å². The van der Waals surface area contributed by atoms with Gasteiger partial charge in [0.1, 0.15) is 12.1 Å². The minimum Gasteiger partial charge on any atom is -0.347 e. The molecular weight excluding hydrogens is 484 g/mol. The van der Waals surface area contributed by atoms with Crippen LogP contribution in [-0.2, 0) is 20.8 Å². The summed E-state index contributed by atoms with van der Waals surface area (Å²) >= 11 is 1.75. The number of nitrogens with one attached hydrogen (secondary N) is 3. The van der Waals surface area contributed by atoms with Crippen LogP contribution >= 0.6 is 11.8 Å². The molecule has 2 saturated heterocycles. The standard InChI is InChI=1S/C29H44N4O3S/c1-17(2)29(18(3)4)16-24-33(28(36)23(14-15-37-24)32-26(34)19(5)30-6)25(29)27(35)31-22-13-9-11-20-10-7-8-12-21(20)22/h7-8,10,12,17-19,22-25,30H,9,11,13-16H2,1-6H3,(H,31,35)(H,32,34)/t19?,22-,23+,24+,25?/m1/s1. The Morgan fingerprint density at radius 2 is 1.73 bits per heavy atom. The van der Waals surface area contributed by atoms with Crippen molar-refractivity contribution in [3.63, 3.8) is 0 Å². The topological polar surface area (TPSA) is 90.5 Å². The fraction of sp³-hybridized carbons (Fsp3) is 0.690. The Labute approximate surface area is 226 Å². The number of benzene rings is 1. The second-order valence-electron chi connectivity index (χ2n) is 11.6. The number of rotatable bonds is 7. The van der Waals surface area contributed by atoms with Crippen LogP contribution in [0.3, 0.4) is 0 Å². The van der Waals surface area contributed by atoms with E-state index < -0.39 is 18.1 Å². The molecule has 1 aliphatic carbocycles. The number of likely N-dealkylation sites (N-methyl/N-ethyl adjacent to an activating group) is 1. The zero-order chi connectivity index (χ0) is 26.9. The molecule has 2 aliphatic heterocycles. The number of hydrogen-bond acceptors (Lipinski definition) is 5. The molecule has 1 aromatic rings. The van der Waals surface area contributed by atoms with Gasteiger partial charge in [0.15, 0.2) is 0 Å². The summed E-state index contributed by atoms with van der Waals surface area (Å²) < 4.78 is 0. The Hall–Kier alpha value is -2.06. The fourth-order valence-electron chi connectivity index (χ4n) is 6.83. The molecule has 3 aliphatic rings. The van der Waals surface area contributed by atoms with E-state index in [0.29, 0.717) is 6.42 Å². The van der Waals surface area contributed by atoms with Gasteiger partial charge < -0.3 is 20.9 Å². The Morgan fingerprint density at radius 3 is 2.41 bits per heavy atom. The van der Waals surface area contributed by atoms with Crippen molar-refractivity contribution < 1.29 is 14.4 Å². The van der Waals surface area contributed by atoms with Crippen molar-refractivity contribution in [3.05, 3.63) is 35.4 Å². The second kappa shape index (κ2) is 11.4. The summed E-state index contributed by atoms with van der Waals surface area (Å²) in [7, 11) is 1.73. The number of amides is 3. The van der Waals surface area contributed by atoms with E-state index in [2.05, 4.69) is 61.8 Å². The smallest absolute Gasteiger partial charge is 0.246 e. The molecule has 0 radical (unpaired) electrons. The van der Waals surface area contributed by atoms with Crippen molar-refractivity contribution in [2.75, 3.05) is 12.8 Å². The predicted molar refractivity (Wildman–Crippen MR) is 149 cm³/mol. The number of carbonyl (C=O) groups excluding carboxylic acids is 3. The average Bonchev–Trinajstić information content (AvgIpc) is 3.17. The molecule has 3 amide bonds. The lowest BCUT2D eigenvalue weighted by atomic mass is 9.63. The molecule has 0 aromatic heterocycles. The van der Waals surface area contributed by atoms with Crippen LogP contribution in [0.15, 0.2) is 24.3 Å². The van der Waals surface area contributed by atoms with Crippen molar-refractivity contribution in [2.24, 2.45) is 17.3 Å². The van der Waals surface area contributed by atoms with Crippen molar-refractivity contribution in [2.45, 2.75) is 96.3 Å². The highest BCUT2D eigenvalue weighted by atomic mass is 32.2. The first kappa shape index (κ1) is 28.0. The first-order valence-corrected chi connectivity index (χ1v) is 15.0. The van der Waals surface area contributed by atoms with Crippen LogP contribution in [0.2, 0.25) is 0 Å². The Kier molecular flexibility index (Phi) is 8.58. The molecule has 2 unspecified atom stereocenters. The molecular formula is C29H44N4O3S. The molecule has 0 saturated carbocycles. The van der Waals surface area contributed by atoms with Gasteiger partial charge in [-0.15, -0.1) is 11.8 Å². The largest absolute Gasteiger partial charge is 0.347 e. The number of carbonyl (C=O) groups is 3. The first-order chi connectivity index (χ1) is 17.6. The van der Waals surface area contributed by atoms with Crippen molar-refractivity contribution >= 4 is 29.5 Å². The van der Waals surface area contributed by atoms with Crippen molar-refractivity contribution in [3.8, 4) is 0 Å². The minimum absolute atomic E-state index is 0.0461. The number of aryl methyl sites for hydroxylation is 1. The van der Waals surface area contributed by atoms with Gasteiger partial charge in [-0.3, -0.25) is 14.4 Å². The summed E-state index contributed by atoms with van der Waals surface area (Å²) in [6.45, 7) is 10.5. The third-order valence-corrected chi connectivity index (χ3v) is 10.4. The van der Waals surface area contributed by atoms with Gasteiger partial charge >= 0.3 is 0 Å². The highest BCUT2D eigenvalue weighted by Gasteiger charge is 2.61. The van der Waals surface area contributed by atoms with Crippen LogP contribution in [0, 0.1) is 17.3 Å². The minimum atomic E-state index is -0.623. The van der Waals surface area contributed by atoms with Crippen molar-refractivity contribution in [1.82, 2.24) is 20.9 Å². The van der Waals surface area contributed by atoms with Crippen LogP contribution < -0.4 is 16.0 Å². The molecule has 2 fully saturated rings. The second-order valence-corrected chi connectivity index (χ2v) is 12.9. The maximum absolute atomic E-state index is 14.3. The van der Waals surface area contributed by atoms with Crippen LogP contribution in [0.5, 0.6) is 0 Å². The SMILES string of the molecule is CNC(C)C(=O)N[C@H]1CCS[C@H]2CC(C(C)C)(C(C)C)C(C(=O)N[C@@H]3CCCc4ccccc43)N2C1=O. The molecule has 204 valence electrons. The molecule has 3 N–H and O–H groups in total. The summed E-state index contributed by atoms with van der Waals surface area (Å²) in [5, 5.41) is 9.25. The zero-order valence-corrected chi connectivity index (χ0v) is 24.0. The summed E-state index contributed by atoms with van der Waals surface area (Å²) in [5.74, 6) is 0.805. The maximum atomic E-state index is 14.3. The number of nitrogens with zero attached hydrogens (tertiary/aromatic N) is 1. The molecule has 0 bridgehead atoms. The van der Waals surface area contributed by atoms with Crippen LogP contribution in [0.1, 0.15) is 77.5 Å². The van der Waals surface area contributed by atoms with Gasteiger partial charge in [-0.05, 0) is 74.8 Å². The highest BCUT2D eigenvalue weighted by molar-refractivity contribution is 7.99. The quantitative estimate of drug-likeness (QED) is 0.503. The van der Waals surface area contributed by atoms with Crippen LogP contribution in [-0.4, -0.2) is 58.9 Å². The van der Waals surface area contributed by atoms with E-state index in [1.165, 1.54) is 11.1 Å². The third-order valence-electron chi connectivity index (χ3n) is 9.12. The normalized spacial score (nSPS) is 27.9. The molecule has 0 spiro atoms. The molecule has 5 atom stereocenters. The molecule has 4 rings (SSSR count). The molecule has 37 heavy (non-hydrogen) atoms. The summed E-state index contributed by atoms with van der Waals surface area (Å²) in [5.41, 5.74) is 2.14. The van der Waals surface area contributed by atoms with E-state index in [9.17, 15) is 14.4 Å². The molecule has 8 heteroatoms. The van der Waals surface area contributed by atoms with E-state index in [0.717, 1.165) is 31.4 Å². The third kappa shape index (κ3) is 5.16. The Balaban J connectivity index is 1.69. The highest BCUT2D eigenvalue weighted by Crippen LogP contribution is 2.55. The first-order valence-electron chi connectivity index (χ1n) is 13.9. The van der Waals surface area contributed by atoms with Gasteiger partial charge in [-0.1, -0.05) is 52.0 Å². The van der Waals surface area contributed by atoms with Gasteiger partial charge in [0.2, 0.25) is 17.7 Å². The lowest BCUT2D eigenvalue weighted by Gasteiger charge is -2.44. The number of thioether (sulfide) groups is 1. The predicted octanol–water partition coefficient (Wildman–Crippen LogP) is 3.64. The number of fused-ring (bicyclic) bond motifs is 2. The molecule has 2 heterocycles. The number of hydrogen-bond donors (Lipinski definition) is 3. The van der Waals surface area contributed by atoms with Gasteiger partial charge in [0, 0.05) is 5.41 Å². The molecule has 1 aromatic carbocycles. The average molecular weight is 529 g/mol. The van der Waals surface area contributed by atoms with Crippen LogP contribution in [0.4, 0.5) is 0 Å². The van der Waals surface area contributed by atoms with E-state index >= 15 is 0 Å². The monoisotopic (exact) mass is 528 g/mol. The maximum Gasteiger partial charge on any atom is 0.246 e. The van der Waals surface area contributed by atoms with Gasteiger partial charge in [0.25, 0.3) is 0 Å². The summed E-state index contributed by atoms with van der Waals surface area (Å²) in [6, 6.07) is 6.73. The van der Waals surface area contributed by atoms with Gasteiger partial charge in [0.05, 0.1) is 17.5 Å². The van der Waals surface area contributed by atoms with Crippen molar-refractivity contribution in [1.29, 1.82) is 0 Å².